The Morgan fingerprint density at radius 3 is 2.45 bits per heavy atom. The van der Waals surface area contributed by atoms with Gasteiger partial charge in [-0.2, -0.15) is 0 Å². The molecule has 2 aromatic rings. The van der Waals surface area contributed by atoms with Crippen LogP contribution in [0.25, 0.3) is 0 Å². The predicted octanol–water partition coefficient (Wildman–Crippen LogP) is 3.95. The number of aromatic nitrogens is 2. The summed E-state index contributed by atoms with van der Waals surface area (Å²) in [6.07, 6.45) is 7.45. The number of aryl methyl sites for hydroxylation is 2. The molecule has 2 aliphatic heterocycles. The molecule has 3 fully saturated rings. The second-order valence-electron chi connectivity index (χ2n) is 9.71. The number of benzene rings is 1. The Kier molecular flexibility index (Phi) is 5.81. The highest BCUT2D eigenvalue weighted by molar-refractivity contribution is 6.07. The number of rotatable bonds is 6. The van der Waals surface area contributed by atoms with E-state index in [1.165, 1.54) is 6.42 Å². The molecule has 1 aliphatic carbocycles. The lowest BCUT2D eigenvalue weighted by Crippen LogP contribution is -2.56. The molecule has 0 atom stereocenters. The number of hydrogen-bond donors (Lipinski definition) is 0. The molecular weight excluding hydrogens is 414 g/mol. The molecule has 3 amide bonds. The molecule has 0 bridgehead atoms. The van der Waals surface area contributed by atoms with Crippen LogP contribution in [0.2, 0.25) is 0 Å². The Bertz CT molecular complexity index is 1030. The molecule has 7 heteroatoms. The molecule has 3 heterocycles. The first-order chi connectivity index (χ1) is 16.0. The van der Waals surface area contributed by atoms with E-state index in [2.05, 4.69) is 16.8 Å². The van der Waals surface area contributed by atoms with E-state index < -0.39 is 5.54 Å². The van der Waals surface area contributed by atoms with Crippen molar-refractivity contribution < 1.29 is 9.59 Å². The van der Waals surface area contributed by atoms with Crippen LogP contribution in [0.3, 0.4) is 0 Å². The lowest BCUT2D eigenvalue weighted by molar-refractivity contribution is -0.135. The summed E-state index contributed by atoms with van der Waals surface area (Å²) in [6.45, 7) is 6.46. The summed E-state index contributed by atoms with van der Waals surface area (Å²) in [5.41, 5.74) is 1.42. The highest BCUT2D eigenvalue weighted by Crippen LogP contribution is 2.41. The molecule has 33 heavy (non-hydrogen) atoms. The maximum absolute atomic E-state index is 13.8. The molecule has 2 saturated heterocycles. The molecule has 5 rings (SSSR count). The zero-order valence-corrected chi connectivity index (χ0v) is 19.7. The largest absolute Gasteiger partial charge is 0.356 e. The van der Waals surface area contributed by atoms with Gasteiger partial charge in [0.1, 0.15) is 17.2 Å². The summed E-state index contributed by atoms with van der Waals surface area (Å²) >= 11 is 0. The van der Waals surface area contributed by atoms with Crippen LogP contribution >= 0.6 is 0 Å². The van der Waals surface area contributed by atoms with Gasteiger partial charge in [0.25, 0.3) is 5.91 Å². The molecule has 1 spiro atoms. The van der Waals surface area contributed by atoms with Crippen molar-refractivity contribution in [3.05, 3.63) is 53.5 Å². The minimum Gasteiger partial charge on any atom is -0.356 e. The fourth-order valence-corrected chi connectivity index (χ4v) is 5.44. The fourth-order valence-electron chi connectivity index (χ4n) is 5.44. The summed E-state index contributed by atoms with van der Waals surface area (Å²) in [7, 11) is 0. The second-order valence-corrected chi connectivity index (χ2v) is 9.71. The van der Waals surface area contributed by atoms with Gasteiger partial charge in [-0.25, -0.2) is 14.8 Å². The standard InChI is InChI=1S/C26H33N5O2/c1-3-22-16-27-19(2)28-23(22)29-14-12-26(13-15-29)24(32)30(17-20-10-7-11-20)25(33)31(26)18-21-8-5-4-6-9-21/h4-6,8-9,16,20H,3,7,10-15,17-18H2,1-2H3. The van der Waals surface area contributed by atoms with Crippen molar-refractivity contribution in [1.29, 1.82) is 0 Å². The highest BCUT2D eigenvalue weighted by atomic mass is 16.2. The van der Waals surface area contributed by atoms with E-state index in [0.717, 1.165) is 42.0 Å². The molecule has 1 aromatic carbocycles. The monoisotopic (exact) mass is 447 g/mol. The summed E-state index contributed by atoms with van der Waals surface area (Å²) in [5, 5.41) is 0. The van der Waals surface area contributed by atoms with E-state index in [4.69, 9.17) is 4.98 Å². The number of imide groups is 1. The first-order valence-electron chi connectivity index (χ1n) is 12.3. The SMILES string of the molecule is CCc1cnc(C)nc1N1CCC2(CC1)C(=O)N(CC1CCC1)C(=O)N2Cc1ccccc1. The topological polar surface area (TPSA) is 69.6 Å². The van der Waals surface area contributed by atoms with E-state index in [0.29, 0.717) is 44.9 Å². The molecular formula is C26H33N5O2. The number of piperidine rings is 1. The van der Waals surface area contributed by atoms with Crippen LogP contribution < -0.4 is 4.90 Å². The van der Waals surface area contributed by atoms with Crippen LogP contribution in [0.1, 0.15) is 56.0 Å². The van der Waals surface area contributed by atoms with Crippen LogP contribution in [0.4, 0.5) is 10.6 Å². The first-order valence-corrected chi connectivity index (χ1v) is 12.3. The van der Waals surface area contributed by atoms with Gasteiger partial charge in [-0.05, 0) is 50.5 Å². The van der Waals surface area contributed by atoms with Crippen molar-refractivity contribution in [2.45, 2.75) is 64.5 Å². The van der Waals surface area contributed by atoms with Crippen LogP contribution in [0.5, 0.6) is 0 Å². The summed E-state index contributed by atoms with van der Waals surface area (Å²) in [6, 6.07) is 9.91. The Balaban J connectivity index is 1.42. The van der Waals surface area contributed by atoms with Crippen molar-refractivity contribution in [3.8, 4) is 0 Å². The Morgan fingerprint density at radius 2 is 1.82 bits per heavy atom. The first kappa shape index (κ1) is 21.9. The third kappa shape index (κ3) is 3.87. The molecule has 1 saturated carbocycles. The van der Waals surface area contributed by atoms with Gasteiger partial charge in [0, 0.05) is 37.9 Å². The Labute approximate surface area is 195 Å². The normalized spacial score (nSPS) is 20.6. The third-order valence-electron chi connectivity index (χ3n) is 7.70. The molecule has 0 radical (unpaired) electrons. The zero-order chi connectivity index (χ0) is 23.0. The van der Waals surface area contributed by atoms with Crippen molar-refractivity contribution in [3.63, 3.8) is 0 Å². The lowest BCUT2D eigenvalue weighted by Gasteiger charge is -2.43. The smallest absolute Gasteiger partial charge is 0.327 e. The number of carbonyl (C=O) groups is 2. The molecule has 3 aliphatic rings. The predicted molar refractivity (Wildman–Crippen MR) is 127 cm³/mol. The Morgan fingerprint density at radius 1 is 1.09 bits per heavy atom. The van der Waals surface area contributed by atoms with Crippen LogP contribution in [-0.4, -0.2) is 56.9 Å². The van der Waals surface area contributed by atoms with Gasteiger partial charge in [-0.1, -0.05) is 43.7 Å². The minimum absolute atomic E-state index is 0.00423. The zero-order valence-electron chi connectivity index (χ0n) is 19.7. The number of amides is 3. The van der Waals surface area contributed by atoms with E-state index in [1.54, 1.807) is 4.90 Å². The van der Waals surface area contributed by atoms with Gasteiger partial charge in [-0.3, -0.25) is 9.69 Å². The quantitative estimate of drug-likeness (QED) is 0.627. The highest BCUT2D eigenvalue weighted by Gasteiger charge is 2.58. The minimum atomic E-state index is -0.762. The number of anilines is 1. The molecule has 0 unspecified atom stereocenters. The number of carbonyl (C=O) groups excluding carboxylic acids is 2. The van der Waals surface area contributed by atoms with E-state index in [9.17, 15) is 9.59 Å². The Hall–Kier alpha value is -2.96. The van der Waals surface area contributed by atoms with Crippen LogP contribution in [0, 0.1) is 12.8 Å². The number of urea groups is 1. The van der Waals surface area contributed by atoms with Gasteiger partial charge in [0.05, 0.1) is 0 Å². The average Bonchev–Trinajstić information content (AvgIpc) is 2.99. The summed E-state index contributed by atoms with van der Waals surface area (Å²) in [5.74, 6) is 2.19. The maximum atomic E-state index is 13.8. The summed E-state index contributed by atoms with van der Waals surface area (Å²) in [4.78, 5) is 42.1. The fraction of sp³-hybridized carbons (Fsp3) is 0.538. The van der Waals surface area contributed by atoms with E-state index in [1.807, 2.05) is 48.4 Å². The molecule has 1 aromatic heterocycles. The van der Waals surface area contributed by atoms with Gasteiger partial charge < -0.3 is 9.80 Å². The number of nitrogens with zero attached hydrogens (tertiary/aromatic N) is 5. The van der Waals surface area contributed by atoms with Crippen molar-refractivity contribution in [2.75, 3.05) is 24.5 Å². The second kappa shape index (κ2) is 8.76. The third-order valence-corrected chi connectivity index (χ3v) is 7.70. The lowest BCUT2D eigenvalue weighted by atomic mass is 9.83. The van der Waals surface area contributed by atoms with Gasteiger partial charge in [-0.15, -0.1) is 0 Å². The summed E-state index contributed by atoms with van der Waals surface area (Å²) < 4.78 is 0. The van der Waals surface area contributed by atoms with Gasteiger partial charge >= 0.3 is 6.03 Å². The average molecular weight is 448 g/mol. The van der Waals surface area contributed by atoms with Crippen molar-refractivity contribution in [1.82, 2.24) is 19.8 Å². The van der Waals surface area contributed by atoms with Crippen LogP contribution in [-0.2, 0) is 17.8 Å². The molecule has 0 N–H and O–H groups in total. The van der Waals surface area contributed by atoms with Gasteiger partial charge in [0.2, 0.25) is 0 Å². The molecule has 174 valence electrons. The van der Waals surface area contributed by atoms with E-state index >= 15 is 0 Å². The van der Waals surface area contributed by atoms with Crippen LogP contribution in [0.15, 0.2) is 36.5 Å². The van der Waals surface area contributed by atoms with E-state index in [-0.39, 0.29) is 11.9 Å². The number of hydrogen-bond acceptors (Lipinski definition) is 5. The molecule has 7 nitrogen and oxygen atoms in total. The van der Waals surface area contributed by atoms with Gasteiger partial charge in [0.15, 0.2) is 0 Å². The maximum Gasteiger partial charge on any atom is 0.327 e. The van der Waals surface area contributed by atoms with Crippen molar-refractivity contribution >= 4 is 17.8 Å². The van der Waals surface area contributed by atoms with Crippen molar-refractivity contribution in [2.24, 2.45) is 5.92 Å².